The van der Waals surface area contributed by atoms with Gasteiger partial charge in [-0.3, -0.25) is 0 Å². The molecule has 25 heavy (non-hydrogen) atoms. The number of benzene rings is 1. The van der Waals surface area contributed by atoms with Crippen molar-refractivity contribution in [1.82, 2.24) is 9.62 Å². The van der Waals surface area contributed by atoms with E-state index in [4.69, 9.17) is 4.74 Å². The number of likely N-dealkylation sites (N-methyl/N-ethyl adjacent to an activating group) is 1. The van der Waals surface area contributed by atoms with Crippen molar-refractivity contribution in [3.8, 4) is 5.75 Å². The Balaban J connectivity index is 1.76. The fraction of sp³-hybridized carbons (Fsp3) is 0.444. The zero-order chi connectivity index (χ0) is 18.0. The third-order valence-corrected chi connectivity index (χ3v) is 7.58. The van der Waals surface area contributed by atoms with E-state index in [1.807, 2.05) is 44.1 Å². The first-order valence-corrected chi connectivity index (χ1v) is 10.7. The third-order valence-electron chi connectivity index (χ3n) is 4.44. The van der Waals surface area contributed by atoms with Crippen molar-refractivity contribution in [2.75, 3.05) is 27.2 Å². The van der Waals surface area contributed by atoms with Gasteiger partial charge in [0.25, 0.3) is 0 Å². The molecule has 5 nitrogen and oxygen atoms in total. The second-order valence-corrected chi connectivity index (χ2v) is 9.53. The minimum Gasteiger partial charge on any atom is -0.493 e. The predicted molar refractivity (Wildman–Crippen MR) is 101 cm³/mol. The van der Waals surface area contributed by atoms with E-state index in [0.29, 0.717) is 10.8 Å². The van der Waals surface area contributed by atoms with Crippen molar-refractivity contribution in [3.63, 3.8) is 0 Å². The van der Waals surface area contributed by atoms with Crippen LogP contribution in [-0.4, -0.2) is 40.6 Å². The fourth-order valence-corrected chi connectivity index (χ4v) is 5.34. The highest BCUT2D eigenvalue weighted by Gasteiger charge is 2.22. The van der Waals surface area contributed by atoms with Gasteiger partial charge in [-0.2, -0.15) is 0 Å². The molecule has 0 spiro atoms. The van der Waals surface area contributed by atoms with Crippen LogP contribution in [-0.2, 0) is 22.9 Å². The van der Waals surface area contributed by atoms with Crippen LogP contribution in [0.25, 0.3) is 0 Å². The summed E-state index contributed by atoms with van der Waals surface area (Å²) in [7, 11) is 0.442. The topological polar surface area (TPSA) is 58.6 Å². The van der Waals surface area contributed by atoms with Gasteiger partial charge in [0.2, 0.25) is 10.0 Å². The first kappa shape index (κ1) is 18.4. The summed E-state index contributed by atoms with van der Waals surface area (Å²) in [6.45, 7) is 3.07. The largest absolute Gasteiger partial charge is 0.493 e. The van der Waals surface area contributed by atoms with Gasteiger partial charge in [0, 0.05) is 23.9 Å². The molecule has 1 aliphatic rings. The SMILES string of the molecule is CCc1ccc(S(=O)(=O)NCC(c2ccc3c(c2)CCO3)N(C)C)s1. The number of rotatable bonds is 7. The molecule has 0 radical (unpaired) electrons. The molecule has 7 heteroatoms. The first-order chi connectivity index (χ1) is 11.9. The number of hydrogen-bond acceptors (Lipinski definition) is 5. The molecule has 1 aromatic heterocycles. The van der Waals surface area contributed by atoms with Gasteiger partial charge < -0.3 is 9.64 Å². The van der Waals surface area contributed by atoms with Crippen LogP contribution in [0.2, 0.25) is 0 Å². The molecule has 1 aromatic carbocycles. The molecule has 0 fully saturated rings. The third kappa shape index (κ3) is 4.06. The number of thiophene rings is 1. The quantitative estimate of drug-likeness (QED) is 0.802. The molecule has 1 atom stereocenters. The molecule has 1 aliphatic heterocycles. The van der Waals surface area contributed by atoms with E-state index in [1.54, 1.807) is 6.07 Å². The Morgan fingerprint density at radius 3 is 2.76 bits per heavy atom. The molecule has 2 aromatic rings. The van der Waals surface area contributed by atoms with Crippen LogP contribution >= 0.6 is 11.3 Å². The normalized spacial score (nSPS) is 15.2. The molecular weight excluding hydrogens is 356 g/mol. The van der Waals surface area contributed by atoms with E-state index in [9.17, 15) is 8.42 Å². The van der Waals surface area contributed by atoms with E-state index < -0.39 is 10.0 Å². The summed E-state index contributed by atoms with van der Waals surface area (Å²) in [5, 5.41) is 0. The fourth-order valence-electron chi connectivity index (χ4n) is 2.96. The molecule has 0 bridgehead atoms. The van der Waals surface area contributed by atoms with Gasteiger partial charge in [-0.15, -0.1) is 11.3 Å². The van der Waals surface area contributed by atoms with Crippen LogP contribution in [0.4, 0.5) is 0 Å². The van der Waals surface area contributed by atoms with Crippen molar-refractivity contribution in [1.29, 1.82) is 0 Å². The van der Waals surface area contributed by atoms with Gasteiger partial charge in [0.05, 0.1) is 6.61 Å². The van der Waals surface area contributed by atoms with Crippen LogP contribution in [0.3, 0.4) is 0 Å². The van der Waals surface area contributed by atoms with Crippen molar-refractivity contribution >= 4 is 21.4 Å². The van der Waals surface area contributed by atoms with E-state index >= 15 is 0 Å². The lowest BCUT2D eigenvalue weighted by Crippen LogP contribution is -2.34. The summed E-state index contributed by atoms with van der Waals surface area (Å²) in [4.78, 5) is 3.11. The van der Waals surface area contributed by atoms with Crippen molar-refractivity contribution < 1.29 is 13.2 Å². The standard InChI is InChI=1S/C18H24N2O3S2/c1-4-15-6-8-18(24-15)25(21,22)19-12-16(20(2)3)13-5-7-17-14(11-13)9-10-23-17/h5-8,11,16,19H,4,9-10,12H2,1-3H3. The number of hydrogen-bond donors (Lipinski definition) is 1. The smallest absolute Gasteiger partial charge is 0.250 e. The molecule has 0 aliphatic carbocycles. The molecule has 3 rings (SSSR count). The monoisotopic (exact) mass is 380 g/mol. The minimum absolute atomic E-state index is 0.0358. The maximum absolute atomic E-state index is 12.6. The van der Waals surface area contributed by atoms with Crippen LogP contribution in [0.1, 0.15) is 29.0 Å². The summed E-state index contributed by atoms with van der Waals surface area (Å²) in [6.07, 6.45) is 1.75. The van der Waals surface area contributed by atoms with E-state index in [-0.39, 0.29) is 6.04 Å². The highest BCUT2D eigenvalue weighted by atomic mass is 32.2. The number of ether oxygens (including phenoxy) is 1. The van der Waals surface area contributed by atoms with E-state index in [1.165, 1.54) is 16.9 Å². The van der Waals surface area contributed by atoms with Gasteiger partial charge in [-0.05, 0) is 49.8 Å². The van der Waals surface area contributed by atoms with Crippen LogP contribution in [0, 0.1) is 0 Å². The van der Waals surface area contributed by atoms with Crippen LogP contribution in [0.5, 0.6) is 5.75 Å². The van der Waals surface area contributed by atoms with Crippen molar-refractivity contribution in [2.45, 2.75) is 30.0 Å². The maximum atomic E-state index is 12.6. The first-order valence-electron chi connectivity index (χ1n) is 8.41. The summed E-state index contributed by atoms with van der Waals surface area (Å²) in [5.74, 6) is 0.938. The zero-order valence-electron chi connectivity index (χ0n) is 14.8. The predicted octanol–water partition coefficient (Wildman–Crippen LogP) is 2.83. The number of fused-ring (bicyclic) bond motifs is 1. The highest BCUT2D eigenvalue weighted by molar-refractivity contribution is 7.91. The molecule has 1 N–H and O–H groups in total. The van der Waals surface area contributed by atoms with Gasteiger partial charge >= 0.3 is 0 Å². The zero-order valence-corrected chi connectivity index (χ0v) is 16.4. The van der Waals surface area contributed by atoms with Gasteiger partial charge in [0.1, 0.15) is 9.96 Å². The van der Waals surface area contributed by atoms with Crippen molar-refractivity contribution in [2.24, 2.45) is 0 Å². The second-order valence-electron chi connectivity index (χ2n) is 6.37. The van der Waals surface area contributed by atoms with E-state index in [0.717, 1.165) is 35.6 Å². The van der Waals surface area contributed by atoms with E-state index in [2.05, 4.69) is 10.8 Å². The van der Waals surface area contributed by atoms with Crippen LogP contribution < -0.4 is 9.46 Å². The number of nitrogens with zero attached hydrogens (tertiary/aromatic N) is 1. The molecular formula is C18H24N2O3S2. The minimum atomic E-state index is -3.48. The van der Waals surface area contributed by atoms with Gasteiger partial charge in [-0.1, -0.05) is 19.1 Å². The summed E-state index contributed by atoms with van der Waals surface area (Å²) in [6, 6.07) is 9.65. The average molecular weight is 381 g/mol. The highest BCUT2D eigenvalue weighted by Crippen LogP contribution is 2.30. The lowest BCUT2D eigenvalue weighted by molar-refractivity contribution is 0.299. The maximum Gasteiger partial charge on any atom is 0.250 e. The molecule has 0 saturated carbocycles. The Labute approximate surface area is 153 Å². The molecule has 2 heterocycles. The lowest BCUT2D eigenvalue weighted by atomic mass is 10.0. The van der Waals surface area contributed by atoms with Crippen molar-refractivity contribution in [3.05, 3.63) is 46.3 Å². The van der Waals surface area contributed by atoms with Gasteiger partial charge in [0.15, 0.2) is 0 Å². The number of nitrogens with one attached hydrogen (secondary N) is 1. The van der Waals surface area contributed by atoms with Crippen LogP contribution in [0.15, 0.2) is 34.5 Å². The Morgan fingerprint density at radius 1 is 1.28 bits per heavy atom. The number of sulfonamides is 1. The molecule has 1 unspecified atom stereocenters. The average Bonchev–Trinajstić information content (AvgIpc) is 3.23. The molecule has 136 valence electrons. The number of aryl methyl sites for hydroxylation is 1. The lowest BCUT2D eigenvalue weighted by Gasteiger charge is -2.25. The Hall–Kier alpha value is -1.41. The summed E-state index contributed by atoms with van der Waals surface area (Å²) >= 11 is 1.33. The Morgan fingerprint density at radius 2 is 2.08 bits per heavy atom. The second kappa shape index (κ2) is 7.45. The van der Waals surface area contributed by atoms with Gasteiger partial charge in [-0.25, -0.2) is 13.1 Å². The Kier molecular flexibility index (Phi) is 5.48. The summed E-state index contributed by atoms with van der Waals surface area (Å²) < 4.78 is 33.8. The Bertz CT molecular complexity index is 844. The molecule has 0 saturated heterocycles. The summed E-state index contributed by atoms with van der Waals surface area (Å²) in [5.41, 5.74) is 2.29. The molecule has 0 amide bonds.